The molecule has 20 heavy (non-hydrogen) atoms. The van der Waals surface area contributed by atoms with Gasteiger partial charge in [0.15, 0.2) is 5.03 Å². The first kappa shape index (κ1) is 14.0. The predicted octanol–water partition coefficient (Wildman–Crippen LogP) is -0.427. The largest absolute Gasteiger partial charge is 0.374 e. The molecule has 112 valence electrons. The van der Waals surface area contributed by atoms with Crippen LogP contribution in [-0.2, 0) is 21.3 Å². The Morgan fingerprint density at radius 1 is 1.50 bits per heavy atom. The monoisotopic (exact) mass is 300 g/mol. The number of aromatic nitrogens is 2. The van der Waals surface area contributed by atoms with E-state index in [1.807, 2.05) is 6.92 Å². The van der Waals surface area contributed by atoms with Crippen molar-refractivity contribution in [3.8, 4) is 0 Å². The van der Waals surface area contributed by atoms with E-state index in [0.717, 1.165) is 12.2 Å². The fourth-order valence-electron chi connectivity index (χ4n) is 2.84. The summed E-state index contributed by atoms with van der Waals surface area (Å²) < 4.78 is 34.2. The first-order chi connectivity index (χ1) is 9.52. The van der Waals surface area contributed by atoms with Gasteiger partial charge in [-0.1, -0.05) is 0 Å². The zero-order chi connectivity index (χ0) is 14.3. The lowest BCUT2D eigenvalue weighted by molar-refractivity contribution is 0.0194. The predicted molar refractivity (Wildman–Crippen MR) is 72.9 cm³/mol. The maximum absolute atomic E-state index is 12.8. The molecule has 0 amide bonds. The van der Waals surface area contributed by atoms with E-state index in [0.29, 0.717) is 26.2 Å². The Labute approximate surface area is 118 Å². The number of rotatable bonds is 3. The van der Waals surface area contributed by atoms with Crippen LogP contribution in [0.25, 0.3) is 0 Å². The number of nitrogens with zero attached hydrogens (tertiary/aromatic N) is 3. The van der Waals surface area contributed by atoms with Crippen molar-refractivity contribution in [3.05, 3.63) is 11.8 Å². The van der Waals surface area contributed by atoms with Crippen LogP contribution >= 0.6 is 0 Å². The van der Waals surface area contributed by atoms with Gasteiger partial charge in [-0.25, -0.2) is 8.42 Å². The summed E-state index contributed by atoms with van der Waals surface area (Å²) in [6.07, 6.45) is -0.0439. The van der Waals surface area contributed by atoms with Crippen LogP contribution < -0.4 is 5.32 Å². The summed E-state index contributed by atoms with van der Waals surface area (Å²) >= 11 is 0. The third kappa shape index (κ3) is 2.26. The average Bonchev–Trinajstić information content (AvgIpc) is 3.02. The lowest BCUT2D eigenvalue weighted by atomic mass is 10.2. The summed E-state index contributed by atoms with van der Waals surface area (Å²) in [7, 11) is -3.51. The summed E-state index contributed by atoms with van der Waals surface area (Å²) in [5.41, 5.74) is 0.719. The smallest absolute Gasteiger partial charge is 0.260 e. The van der Waals surface area contributed by atoms with Crippen LogP contribution in [-0.4, -0.2) is 60.9 Å². The van der Waals surface area contributed by atoms with Crippen LogP contribution in [0.15, 0.2) is 11.1 Å². The molecule has 0 radical (unpaired) electrons. The lowest BCUT2D eigenvalue weighted by Crippen LogP contribution is -2.47. The van der Waals surface area contributed by atoms with Gasteiger partial charge in [0, 0.05) is 32.2 Å². The van der Waals surface area contributed by atoms with Crippen LogP contribution in [0.5, 0.6) is 0 Å². The van der Waals surface area contributed by atoms with Crippen molar-refractivity contribution in [2.45, 2.75) is 37.6 Å². The average molecular weight is 300 g/mol. The first-order valence-electron chi connectivity index (χ1n) is 6.92. The molecule has 3 rings (SSSR count). The second kappa shape index (κ2) is 5.10. The van der Waals surface area contributed by atoms with E-state index in [4.69, 9.17) is 4.74 Å². The van der Waals surface area contributed by atoms with Crippen molar-refractivity contribution in [3.63, 3.8) is 0 Å². The van der Waals surface area contributed by atoms with E-state index >= 15 is 0 Å². The minimum absolute atomic E-state index is 0.0439. The second-order valence-corrected chi connectivity index (χ2v) is 7.12. The molecule has 0 saturated carbocycles. The highest BCUT2D eigenvalue weighted by Gasteiger charge is 2.42. The minimum Gasteiger partial charge on any atom is -0.374 e. The lowest BCUT2D eigenvalue weighted by Gasteiger charge is -2.25. The van der Waals surface area contributed by atoms with Crippen molar-refractivity contribution < 1.29 is 13.2 Å². The van der Waals surface area contributed by atoms with Gasteiger partial charge in [0.1, 0.15) is 0 Å². The van der Waals surface area contributed by atoms with Gasteiger partial charge in [0.25, 0.3) is 10.0 Å². The summed E-state index contributed by atoms with van der Waals surface area (Å²) in [6, 6.07) is 1.73. The Kier molecular flexibility index (Phi) is 3.57. The molecule has 2 saturated heterocycles. The molecular weight excluding hydrogens is 280 g/mol. The molecule has 0 aliphatic carbocycles. The van der Waals surface area contributed by atoms with Gasteiger partial charge in [-0.15, -0.1) is 0 Å². The molecule has 0 unspecified atom stereocenters. The van der Waals surface area contributed by atoms with Crippen LogP contribution in [0.1, 0.15) is 12.6 Å². The fourth-order valence-corrected chi connectivity index (χ4v) is 4.56. The minimum atomic E-state index is -3.51. The molecule has 7 nitrogen and oxygen atoms in total. The Bertz CT molecular complexity index is 584. The highest BCUT2D eigenvalue weighted by atomic mass is 32.2. The number of ether oxygens (including phenoxy) is 1. The van der Waals surface area contributed by atoms with Gasteiger partial charge < -0.3 is 10.1 Å². The van der Waals surface area contributed by atoms with Gasteiger partial charge in [-0.05, 0) is 19.9 Å². The van der Waals surface area contributed by atoms with Crippen LogP contribution in [0.4, 0.5) is 0 Å². The first-order valence-corrected chi connectivity index (χ1v) is 8.36. The highest BCUT2D eigenvalue weighted by molar-refractivity contribution is 7.89. The zero-order valence-corrected chi connectivity index (χ0v) is 12.6. The molecular formula is C12H20N4O3S. The van der Waals surface area contributed by atoms with E-state index in [9.17, 15) is 8.42 Å². The fraction of sp³-hybridized carbons (Fsp3) is 0.750. The van der Waals surface area contributed by atoms with Crippen molar-refractivity contribution >= 4 is 10.0 Å². The molecule has 1 aromatic rings. The number of hydrogen-bond donors (Lipinski definition) is 1. The summed E-state index contributed by atoms with van der Waals surface area (Å²) in [4.78, 5) is 0. The summed E-state index contributed by atoms with van der Waals surface area (Å²) in [5.74, 6) is 0. The van der Waals surface area contributed by atoms with E-state index in [2.05, 4.69) is 10.4 Å². The van der Waals surface area contributed by atoms with Gasteiger partial charge in [-0.2, -0.15) is 9.40 Å². The third-order valence-electron chi connectivity index (χ3n) is 3.84. The standard InChI is InChI=1S/C12H20N4O3S/c1-3-16-12(6-9(2)14-16)20(17,18)15-7-10-11(8-15)19-5-4-13-10/h6,10-11,13H,3-5,7-8H2,1-2H3/t10-,11-/m0/s1. The number of aryl methyl sites for hydroxylation is 2. The molecule has 0 bridgehead atoms. The van der Waals surface area contributed by atoms with Crippen molar-refractivity contribution in [1.29, 1.82) is 0 Å². The van der Waals surface area contributed by atoms with Crippen LogP contribution in [0.3, 0.4) is 0 Å². The van der Waals surface area contributed by atoms with Gasteiger partial charge in [0.2, 0.25) is 0 Å². The molecule has 1 aromatic heterocycles. The van der Waals surface area contributed by atoms with Crippen molar-refractivity contribution in [2.24, 2.45) is 0 Å². The third-order valence-corrected chi connectivity index (χ3v) is 5.68. The van der Waals surface area contributed by atoms with Crippen molar-refractivity contribution in [1.82, 2.24) is 19.4 Å². The highest BCUT2D eigenvalue weighted by Crippen LogP contribution is 2.24. The maximum atomic E-state index is 12.8. The van der Waals surface area contributed by atoms with Crippen LogP contribution in [0.2, 0.25) is 0 Å². The molecule has 2 aliphatic rings. The molecule has 1 N–H and O–H groups in total. The van der Waals surface area contributed by atoms with E-state index in [-0.39, 0.29) is 17.2 Å². The van der Waals surface area contributed by atoms with E-state index < -0.39 is 10.0 Å². The number of nitrogens with one attached hydrogen (secondary N) is 1. The Hall–Kier alpha value is -0.960. The number of morpholine rings is 1. The molecule has 0 aromatic carbocycles. The quantitative estimate of drug-likeness (QED) is 0.820. The second-order valence-electron chi connectivity index (χ2n) is 5.23. The Morgan fingerprint density at radius 3 is 3.00 bits per heavy atom. The molecule has 8 heteroatoms. The number of hydrogen-bond acceptors (Lipinski definition) is 5. The zero-order valence-electron chi connectivity index (χ0n) is 11.7. The summed E-state index contributed by atoms with van der Waals surface area (Å²) in [6.45, 7) is 6.52. The number of fused-ring (bicyclic) bond motifs is 1. The Balaban J connectivity index is 1.88. The maximum Gasteiger partial charge on any atom is 0.260 e. The summed E-state index contributed by atoms with van der Waals surface area (Å²) in [5, 5.41) is 7.81. The Morgan fingerprint density at radius 2 is 2.30 bits per heavy atom. The molecule has 2 fully saturated rings. The van der Waals surface area contributed by atoms with E-state index in [1.54, 1.807) is 17.7 Å². The van der Waals surface area contributed by atoms with Gasteiger partial charge in [-0.3, -0.25) is 4.68 Å². The van der Waals surface area contributed by atoms with Crippen LogP contribution in [0, 0.1) is 6.92 Å². The van der Waals surface area contributed by atoms with E-state index in [1.165, 1.54) is 4.31 Å². The molecule has 3 heterocycles. The SMILES string of the molecule is CCn1nc(C)cc1S(=O)(=O)N1C[C@@H]2NCCO[C@H]2C1. The number of sulfonamides is 1. The molecule has 2 atom stereocenters. The van der Waals surface area contributed by atoms with Gasteiger partial charge in [0.05, 0.1) is 18.4 Å². The van der Waals surface area contributed by atoms with Crippen molar-refractivity contribution in [2.75, 3.05) is 26.2 Å². The topological polar surface area (TPSA) is 76.5 Å². The van der Waals surface area contributed by atoms with Gasteiger partial charge >= 0.3 is 0 Å². The molecule has 0 spiro atoms. The molecule has 2 aliphatic heterocycles. The normalized spacial score (nSPS) is 27.7.